The maximum absolute atomic E-state index is 11.2. The van der Waals surface area contributed by atoms with E-state index < -0.39 is 24.5 Å². The summed E-state index contributed by atoms with van der Waals surface area (Å²) in [7, 11) is -5.57. The highest BCUT2D eigenvalue weighted by atomic mass is 32.2. The Morgan fingerprint density at radius 3 is 2.32 bits per heavy atom. The van der Waals surface area contributed by atoms with Gasteiger partial charge >= 0.3 is 10.1 Å². The summed E-state index contributed by atoms with van der Waals surface area (Å²) in [6.07, 6.45) is 0.134. The summed E-state index contributed by atoms with van der Waals surface area (Å²) in [6.45, 7) is 5.87. The van der Waals surface area contributed by atoms with Crippen LogP contribution in [0.4, 0.5) is 0 Å². The molecule has 1 unspecified atom stereocenters. The first-order valence-electron chi connectivity index (χ1n) is 5.68. The van der Waals surface area contributed by atoms with Gasteiger partial charge in [-0.3, -0.25) is 0 Å². The van der Waals surface area contributed by atoms with Gasteiger partial charge in [-0.05, 0) is 25.7 Å². The third-order valence-electron chi connectivity index (χ3n) is 2.03. The van der Waals surface area contributed by atoms with Crippen molar-refractivity contribution in [1.82, 2.24) is 0 Å². The Morgan fingerprint density at radius 2 is 1.84 bits per heavy atom. The molecule has 0 N–H and O–H groups in total. The van der Waals surface area contributed by atoms with Crippen LogP contribution in [0, 0.1) is 11.3 Å². The summed E-state index contributed by atoms with van der Waals surface area (Å²) in [5, 5.41) is 9.21. The largest absolute Gasteiger partial charge is 0.399 e. The molecule has 7 heteroatoms. The molecule has 1 atom stereocenters. The molecular weight excluding hydrogens is 282 g/mol. The highest BCUT2D eigenvalue weighted by Crippen LogP contribution is 2.30. The topological polar surface area (TPSA) is 76.4 Å². The number of hydrogen-bond acceptors (Lipinski definition) is 5. The molecule has 0 saturated heterocycles. The van der Waals surface area contributed by atoms with Crippen LogP contribution in [0.3, 0.4) is 0 Å². The molecule has 0 aliphatic carbocycles. The van der Waals surface area contributed by atoms with E-state index in [2.05, 4.69) is 0 Å². The van der Waals surface area contributed by atoms with Crippen molar-refractivity contribution in [3.8, 4) is 11.8 Å². The van der Waals surface area contributed by atoms with Crippen LogP contribution in [0.2, 0.25) is 19.6 Å². The van der Waals surface area contributed by atoms with E-state index in [4.69, 9.17) is 8.61 Å². The van der Waals surface area contributed by atoms with Crippen LogP contribution in [0.15, 0.2) is 24.3 Å². The summed E-state index contributed by atoms with van der Waals surface area (Å²) < 4.78 is 33.0. The summed E-state index contributed by atoms with van der Waals surface area (Å²) in [5.41, 5.74) is 0.429. The minimum atomic E-state index is -3.64. The van der Waals surface area contributed by atoms with Gasteiger partial charge in [0.25, 0.3) is 0 Å². The molecule has 19 heavy (non-hydrogen) atoms. The molecule has 0 saturated carbocycles. The van der Waals surface area contributed by atoms with Gasteiger partial charge in [0.1, 0.15) is 5.75 Å². The number of nitrogens with zero attached hydrogens (tertiary/aromatic N) is 1. The zero-order valence-electron chi connectivity index (χ0n) is 11.4. The lowest BCUT2D eigenvalue weighted by Gasteiger charge is -2.23. The fourth-order valence-corrected chi connectivity index (χ4v) is 2.81. The van der Waals surface area contributed by atoms with Crippen LogP contribution in [-0.4, -0.2) is 23.0 Å². The molecule has 0 aromatic heterocycles. The van der Waals surface area contributed by atoms with E-state index in [0.717, 1.165) is 6.26 Å². The molecule has 0 aliphatic rings. The predicted octanol–water partition coefficient (Wildman–Crippen LogP) is 2.44. The van der Waals surface area contributed by atoms with Crippen LogP contribution in [-0.2, 0) is 14.5 Å². The lowest BCUT2D eigenvalue weighted by atomic mass is 10.1. The SMILES string of the molecule is C[Si](C)(C)OC(C#N)c1ccccc1OS(C)(=O)=O. The van der Waals surface area contributed by atoms with Crippen molar-refractivity contribution in [1.29, 1.82) is 5.26 Å². The fourth-order valence-electron chi connectivity index (χ4n) is 1.45. The fraction of sp³-hybridized carbons (Fsp3) is 0.417. The van der Waals surface area contributed by atoms with Crippen molar-refractivity contribution in [3.63, 3.8) is 0 Å². The number of para-hydroxylation sites is 1. The minimum Gasteiger partial charge on any atom is -0.399 e. The first kappa shape index (κ1) is 15.7. The Hall–Kier alpha value is -1.36. The second kappa shape index (κ2) is 5.73. The summed E-state index contributed by atoms with van der Waals surface area (Å²) in [6, 6.07) is 8.54. The van der Waals surface area contributed by atoms with Crippen LogP contribution < -0.4 is 4.18 Å². The standard InChI is InChI=1S/C12H17NO4SSi/c1-18(14,15)16-11-8-6-5-7-10(11)12(9-13)17-19(2,3)4/h5-8,12H,1-4H3. The van der Waals surface area contributed by atoms with Crippen molar-refractivity contribution in [2.75, 3.05) is 6.26 Å². The van der Waals surface area contributed by atoms with Gasteiger partial charge < -0.3 is 8.61 Å². The molecule has 0 aliphatic heterocycles. The van der Waals surface area contributed by atoms with Gasteiger partial charge in [0.05, 0.1) is 12.3 Å². The van der Waals surface area contributed by atoms with E-state index in [-0.39, 0.29) is 5.75 Å². The van der Waals surface area contributed by atoms with E-state index in [1.807, 2.05) is 25.7 Å². The van der Waals surface area contributed by atoms with E-state index >= 15 is 0 Å². The highest BCUT2D eigenvalue weighted by Gasteiger charge is 2.25. The highest BCUT2D eigenvalue weighted by molar-refractivity contribution is 7.86. The Kier molecular flexibility index (Phi) is 4.74. The average molecular weight is 299 g/mol. The molecule has 0 fully saturated rings. The average Bonchev–Trinajstić information content (AvgIpc) is 2.23. The molecule has 1 rings (SSSR count). The smallest absolute Gasteiger partial charge is 0.306 e. The van der Waals surface area contributed by atoms with Crippen LogP contribution in [0.1, 0.15) is 11.7 Å². The van der Waals surface area contributed by atoms with Crippen LogP contribution in [0.5, 0.6) is 5.75 Å². The van der Waals surface area contributed by atoms with Crippen molar-refractivity contribution in [2.24, 2.45) is 0 Å². The first-order valence-corrected chi connectivity index (χ1v) is 10.9. The van der Waals surface area contributed by atoms with E-state index in [1.54, 1.807) is 18.2 Å². The summed E-state index contributed by atoms with van der Waals surface area (Å²) >= 11 is 0. The van der Waals surface area contributed by atoms with Gasteiger partial charge in [-0.1, -0.05) is 18.2 Å². The van der Waals surface area contributed by atoms with Gasteiger partial charge in [-0.2, -0.15) is 13.7 Å². The Balaban J connectivity index is 3.15. The Labute approximate surface area is 115 Å². The second-order valence-electron chi connectivity index (χ2n) is 5.06. The van der Waals surface area contributed by atoms with E-state index in [1.165, 1.54) is 6.07 Å². The van der Waals surface area contributed by atoms with Gasteiger partial charge in [0.15, 0.2) is 14.4 Å². The predicted molar refractivity (Wildman–Crippen MR) is 74.7 cm³/mol. The molecule has 104 valence electrons. The third-order valence-corrected chi connectivity index (χ3v) is 3.46. The lowest BCUT2D eigenvalue weighted by molar-refractivity contribution is 0.252. The van der Waals surface area contributed by atoms with Gasteiger partial charge in [0, 0.05) is 5.56 Å². The van der Waals surface area contributed by atoms with Crippen LogP contribution >= 0.6 is 0 Å². The summed E-state index contributed by atoms with van der Waals surface area (Å²) in [4.78, 5) is 0. The monoisotopic (exact) mass is 299 g/mol. The molecule has 1 aromatic carbocycles. The van der Waals surface area contributed by atoms with Crippen LogP contribution in [0.25, 0.3) is 0 Å². The molecule has 0 amide bonds. The maximum atomic E-state index is 11.2. The van der Waals surface area contributed by atoms with Gasteiger partial charge in [0.2, 0.25) is 0 Å². The molecule has 0 bridgehead atoms. The molecule has 5 nitrogen and oxygen atoms in total. The molecule has 0 spiro atoms. The zero-order chi connectivity index (χ0) is 14.7. The number of rotatable bonds is 5. The number of nitriles is 1. The molecule has 1 aromatic rings. The van der Waals surface area contributed by atoms with Crippen molar-refractivity contribution in [3.05, 3.63) is 29.8 Å². The molecular formula is C12H17NO4SSi. The third kappa shape index (κ3) is 5.42. The summed E-state index contributed by atoms with van der Waals surface area (Å²) in [5.74, 6) is 0.134. The number of hydrogen-bond donors (Lipinski definition) is 0. The lowest BCUT2D eigenvalue weighted by Crippen LogP contribution is -2.27. The maximum Gasteiger partial charge on any atom is 0.306 e. The molecule has 0 heterocycles. The Bertz CT molecular complexity index is 586. The Morgan fingerprint density at radius 1 is 1.26 bits per heavy atom. The van der Waals surface area contributed by atoms with Gasteiger partial charge in [-0.25, -0.2) is 0 Å². The minimum absolute atomic E-state index is 0.134. The first-order chi connectivity index (χ1) is 8.62. The number of benzene rings is 1. The van der Waals surface area contributed by atoms with E-state index in [9.17, 15) is 13.7 Å². The second-order valence-corrected chi connectivity index (χ2v) is 11.1. The van der Waals surface area contributed by atoms with Crippen molar-refractivity contribution >= 4 is 18.4 Å². The van der Waals surface area contributed by atoms with Gasteiger partial charge in [-0.15, -0.1) is 0 Å². The quantitative estimate of drug-likeness (QED) is 0.616. The van der Waals surface area contributed by atoms with Crippen molar-refractivity contribution in [2.45, 2.75) is 25.7 Å². The normalized spacial score (nSPS) is 13.6. The van der Waals surface area contributed by atoms with Crippen molar-refractivity contribution < 1.29 is 17.0 Å². The van der Waals surface area contributed by atoms with E-state index in [0.29, 0.717) is 5.56 Å². The zero-order valence-corrected chi connectivity index (χ0v) is 13.2. The molecule has 0 radical (unpaired) electrons.